The molecule has 0 amide bonds. The number of ether oxygens (including phenoxy) is 1. The Kier molecular flexibility index (Phi) is 4.68. The van der Waals surface area contributed by atoms with Gasteiger partial charge >= 0.3 is 5.97 Å². The minimum absolute atomic E-state index is 0.302. The van der Waals surface area contributed by atoms with Crippen LogP contribution in [0.2, 0.25) is 0 Å². The topological polar surface area (TPSA) is 42.1 Å². The molecule has 1 aromatic rings. The number of nitrogens with one attached hydrogen (secondary N) is 1. The van der Waals surface area contributed by atoms with E-state index >= 15 is 0 Å². The molecule has 1 heterocycles. The van der Waals surface area contributed by atoms with Gasteiger partial charge in [0, 0.05) is 18.0 Å². The summed E-state index contributed by atoms with van der Waals surface area (Å²) in [6.07, 6.45) is 7.32. The molecule has 0 aliphatic heterocycles. The van der Waals surface area contributed by atoms with Crippen LogP contribution in [0.5, 0.6) is 0 Å². The number of rotatable bonds is 5. The molecular formula is C12H17NO2. The van der Waals surface area contributed by atoms with E-state index in [1.807, 2.05) is 12.3 Å². The average Bonchev–Trinajstić information content (AvgIpc) is 2.64. The van der Waals surface area contributed by atoms with Crippen molar-refractivity contribution < 1.29 is 9.53 Å². The Bertz CT molecular complexity index is 339. The summed E-state index contributed by atoms with van der Waals surface area (Å²) in [7, 11) is 0. The number of H-pyrrole nitrogens is 1. The number of aromatic nitrogens is 1. The van der Waals surface area contributed by atoms with Crippen LogP contribution in [0, 0.1) is 0 Å². The molecule has 3 heteroatoms. The highest BCUT2D eigenvalue weighted by Gasteiger charge is 1.97. The lowest BCUT2D eigenvalue weighted by Crippen LogP contribution is -1.98. The van der Waals surface area contributed by atoms with E-state index in [0.717, 1.165) is 18.5 Å². The summed E-state index contributed by atoms with van der Waals surface area (Å²) in [4.78, 5) is 14.1. The second-order valence-electron chi connectivity index (χ2n) is 3.30. The largest absolute Gasteiger partial charge is 0.463 e. The maximum Gasteiger partial charge on any atom is 0.330 e. The van der Waals surface area contributed by atoms with Crippen LogP contribution in [0.1, 0.15) is 31.5 Å². The van der Waals surface area contributed by atoms with Gasteiger partial charge in [0.2, 0.25) is 0 Å². The van der Waals surface area contributed by atoms with Crippen molar-refractivity contribution in [1.29, 1.82) is 0 Å². The SMILES string of the molecule is CCCc1c[nH]c(C=CC(=O)OCC)c1. The van der Waals surface area contributed by atoms with Gasteiger partial charge in [-0.1, -0.05) is 13.3 Å². The van der Waals surface area contributed by atoms with Crippen molar-refractivity contribution in [2.24, 2.45) is 0 Å². The molecular weight excluding hydrogens is 190 g/mol. The zero-order valence-electron chi connectivity index (χ0n) is 9.25. The van der Waals surface area contributed by atoms with Crippen molar-refractivity contribution in [2.75, 3.05) is 6.61 Å². The third kappa shape index (κ3) is 4.02. The normalized spacial score (nSPS) is 10.8. The number of aromatic amines is 1. The summed E-state index contributed by atoms with van der Waals surface area (Å²) in [6.45, 7) is 4.34. The van der Waals surface area contributed by atoms with Crippen LogP contribution in [0.3, 0.4) is 0 Å². The first-order chi connectivity index (χ1) is 7.26. The third-order valence-corrected chi connectivity index (χ3v) is 1.99. The standard InChI is InChI=1S/C12H17NO2/c1-3-5-10-8-11(13-9-10)6-7-12(14)15-4-2/h6-9,13H,3-5H2,1-2H3. The Hall–Kier alpha value is -1.51. The first kappa shape index (κ1) is 11.6. The molecule has 1 rings (SSSR count). The number of carbonyl (C=O) groups is 1. The van der Waals surface area contributed by atoms with E-state index in [1.54, 1.807) is 13.0 Å². The fourth-order valence-electron chi connectivity index (χ4n) is 1.34. The van der Waals surface area contributed by atoms with Crippen molar-refractivity contribution >= 4 is 12.0 Å². The van der Waals surface area contributed by atoms with Crippen molar-refractivity contribution in [3.05, 3.63) is 29.6 Å². The molecule has 0 bridgehead atoms. The zero-order chi connectivity index (χ0) is 11.1. The predicted molar refractivity (Wildman–Crippen MR) is 60.5 cm³/mol. The fourth-order valence-corrected chi connectivity index (χ4v) is 1.34. The molecule has 0 unspecified atom stereocenters. The number of hydrogen-bond acceptors (Lipinski definition) is 2. The number of carbonyl (C=O) groups excluding carboxylic acids is 1. The predicted octanol–water partition coefficient (Wildman–Crippen LogP) is 2.54. The molecule has 0 saturated heterocycles. The highest BCUT2D eigenvalue weighted by atomic mass is 16.5. The first-order valence-electron chi connectivity index (χ1n) is 5.28. The van der Waals surface area contributed by atoms with Crippen LogP contribution in [0.15, 0.2) is 18.3 Å². The summed E-state index contributed by atoms with van der Waals surface area (Å²) < 4.78 is 4.78. The average molecular weight is 207 g/mol. The fraction of sp³-hybridized carbons (Fsp3) is 0.417. The van der Waals surface area contributed by atoms with Crippen LogP contribution >= 0.6 is 0 Å². The lowest BCUT2D eigenvalue weighted by molar-refractivity contribution is -0.137. The van der Waals surface area contributed by atoms with Gasteiger partial charge in [-0.25, -0.2) is 4.79 Å². The smallest absolute Gasteiger partial charge is 0.330 e. The molecule has 1 N–H and O–H groups in total. The molecule has 15 heavy (non-hydrogen) atoms. The second kappa shape index (κ2) is 6.06. The van der Waals surface area contributed by atoms with E-state index in [4.69, 9.17) is 4.74 Å². The van der Waals surface area contributed by atoms with E-state index in [2.05, 4.69) is 11.9 Å². The Morgan fingerprint density at radius 3 is 3.00 bits per heavy atom. The summed E-state index contributed by atoms with van der Waals surface area (Å²) in [6, 6.07) is 2.04. The van der Waals surface area contributed by atoms with E-state index in [-0.39, 0.29) is 5.97 Å². The molecule has 0 fully saturated rings. The zero-order valence-corrected chi connectivity index (χ0v) is 9.25. The monoisotopic (exact) mass is 207 g/mol. The van der Waals surface area contributed by atoms with Gasteiger partial charge in [0.1, 0.15) is 0 Å². The van der Waals surface area contributed by atoms with Gasteiger partial charge in [-0.15, -0.1) is 0 Å². The Balaban J connectivity index is 2.52. The highest BCUT2D eigenvalue weighted by Crippen LogP contribution is 2.07. The molecule has 3 nitrogen and oxygen atoms in total. The Labute approximate surface area is 90.1 Å². The quantitative estimate of drug-likeness (QED) is 0.595. The molecule has 0 radical (unpaired) electrons. The number of hydrogen-bond donors (Lipinski definition) is 1. The molecule has 0 spiro atoms. The Morgan fingerprint density at radius 2 is 2.33 bits per heavy atom. The maximum absolute atomic E-state index is 11.0. The highest BCUT2D eigenvalue weighted by molar-refractivity contribution is 5.86. The number of aryl methyl sites for hydroxylation is 1. The molecule has 82 valence electrons. The van der Waals surface area contributed by atoms with Gasteiger partial charge in [0.25, 0.3) is 0 Å². The Morgan fingerprint density at radius 1 is 1.53 bits per heavy atom. The van der Waals surface area contributed by atoms with E-state index < -0.39 is 0 Å². The minimum atomic E-state index is -0.302. The van der Waals surface area contributed by atoms with E-state index in [0.29, 0.717) is 6.61 Å². The summed E-state index contributed by atoms with van der Waals surface area (Å²) in [5, 5.41) is 0. The van der Waals surface area contributed by atoms with Crippen LogP contribution in [0.4, 0.5) is 0 Å². The molecule has 0 atom stereocenters. The molecule has 0 aromatic carbocycles. The van der Waals surface area contributed by atoms with Crippen LogP contribution in [0.25, 0.3) is 6.08 Å². The lowest BCUT2D eigenvalue weighted by atomic mass is 10.2. The third-order valence-electron chi connectivity index (χ3n) is 1.99. The van der Waals surface area contributed by atoms with E-state index in [1.165, 1.54) is 11.6 Å². The van der Waals surface area contributed by atoms with Crippen molar-refractivity contribution in [2.45, 2.75) is 26.7 Å². The first-order valence-corrected chi connectivity index (χ1v) is 5.28. The van der Waals surface area contributed by atoms with Crippen molar-refractivity contribution in [1.82, 2.24) is 4.98 Å². The number of esters is 1. The lowest BCUT2D eigenvalue weighted by Gasteiger charge is -1.93. The second-order valence-corrected chi connectivity index (χ2v) is 3.30. The maximum atomic E-state index is 11.0. The van der Waals surface area contributed by atoms with Gasteiger partial charge < -0.3 is 9.72 Å². The molecule has 0 aliphatic rings. The van der Waals surface area contributed by atoms with Crippen molar-refractivity contribution in [3.63, 3.8) is 0 Å². The van der Waals surface area contributed by atoms with Gasteiger partial charge in [-0.2, -0.15) is 0 Å². The molecule has 0 saturated carbocycles. The van der Waals surface area contributed by atoms with Gasteiger partial charge in [-0.3, -0.25) is 0 Å². The minimum Gasteiger partial charge on any atom is -0.463 e. The van der Waals surface area contributed by atoms with Crippen LogP contribution in [-0.2, 0) is 16.0 Å². The van der Waals surface area contributed by atoms with Crippen LogP contribution in [-0.4, -0.2) is 17.6 Å². The van der Waals surface area contributed by atoms with Crippen LogP contribution < -0.4 is 0 Å². The van der Waals surface area contributed by atoms with Crippen molar-refractivity contribution in [3.8, 4) is 0 Å². The van der Waals surface area contributed by atoms with Gasteiger partial charge in [-0.05, 0) is 31.1 Å². The molecule has 1 aromatic heterocycles. The molecule has 0 aliphatic carbocycles. The summed E-state index contributed by atoms with van der Waals surface area (Å²) in [5.74, 6) is -0.302. The van der Waals surface area contributed by atoms with Gasteiger partial charge in [0.15, 0.2) is 0 Å². The summed E-state index contributed by atoms with van der Waals surface area (Å²) in [5.41, 5.74) is 2.20. The van der Waals surface area contributed by atoms with E-state index in [9.17, 15) is 4.79 Å². The van der Waals surface area contributed by atoms with Gasteiger partial charge in [0.05, 0.1) is 6.61 Å². The summed E-state index contributed by atoms with van der Waals surface area (Å²) >= 11 is 0.